The van der Waals surface area contributed by atoms with E-state index < -0.39 is 24.1 Å². The first kappa shape index (κ1) is 44.1. The van der Waals surface area contributed by atoms with E-state index >= 15 is 0 Å². The number of aliphatic carboxylic acids is 1. The first-order valence-electron chi connectivity index (χ1n) is 11.1. The Morgan fingerprint density at radius 1 is 0.613 bits per heavy atom. The van der Waals surface area contributed by atoms with E-state index in [1.807, 2.05) is 0 Å². The molecule has 31 heavy (non-hydrogen) atoms. The first-order valence-corrected chi connectivity index (χ1v) is 11.1. The van der Waals surface area contributed by atoms with E-state index in [1.54, 1.807) is 0 Å². The van der Waals surface area contributed by atoms with E-state index in [1.165, 1.54) is 44.9 Å². The van der Waals surface area contributed by atoms with Gasteiger partial charge in [0.05, 0.1) is 18.1 Å². The van der Waals surface area contributed by atoms with Crippen molar-refractivity contribution in [3.05, 3.63) is 0 Å². The molecule has 3 atom stereocenters. The lowest BCUT2D eigenvalue weighted by Crippen LogP contribution is -2.31. The molecular formula is C27H64O4. The van der Waals surface area contributed by atoms with Gasteiger partial charge < -0.3 is 15.3 Å². The smallest absolute Gasteiger partial charge is 0.309 e. The maximum atomic E-state index is 11.4. The molecule has 3 unspecified atom stereocenters. The normalized spacial score (nSPS) is 12.5. The van der Waals surface area contributed by atoms with Crippen LogP contribution < -0.4 is 0 Å². The third kappa shape index (κ3) is 27.4. The molecule has 3 N–H and O–H groups in total. The Hall–Kier alpha value is -0.610. The Bertz CT molecular complexity index is 320. The SMILES string of the molecule is C.C.C.C.C.CCCCCCCCCCCC(O)CC(O)C(CCCCCC)C(=O)O. The lowest BCUT2D eigenvalue weighted by Gasteiger charge is -2.21. The number of aliphatic hydroxyl groups excluding tert-OH is 2. The fourth-order valence-electron chi connectivity index (χ4n) is 3.52. The molecule has 0 aliphatic heterocycles. The highest BCUT2D eigenvalue weighted by atomic mass is 16.4. The van der Waals surface area contributed by atoms with Crippen molar-refractivity contribution in [2.75, 3.05) is 0 Å². The van der Waals surface area contributed by atoms with E-state index in [-0.39, 0.29) is 43.6 Å². The van der Waals surface area contributed by atoms with E-state index in [0.717, 1.165) is 38.5 Å². The number of carboxylic acid groups (broad SMARTS) is 1. The molecule has 0 heterocycles. The maximum Gasteiger partial charge on any atom is 0.309 e. The van der Waals surface area contributed by atoms with Crippen molar-refractivity contribution in [3.8, 4) is 0 Å². The van der Waals surface area contributed by atoms with Crippen LogP contribution in [0.15, 0.2) is 0 Å². The van der Waals surface area contributed by atoms with Crippen LogP contribution in [0.5, 0.6) is 0 Å². The minimum Gasteiger partial charge on any atom is -0.481 e. The van der Waals surface area contributed by atoms with Gasteiger partial charge in [-0.25, -0.2) is 0 Å². The standard InChI is InChI=1S/C22H44O4.5CH4/c1-3-5-7-9-10-11-12-13-14-16-19(23)18-21(24)20(22(25)26)17-15-8-6-4-2;;;;;/h19-21,23-24H,3-18H2,1-2H3,(H,25,26);5*1H4. The lowest BCUT2D eigenvalue weighted by atomic mass is 9.90. The van der Waals surface area contributed by atoms with Crippen LogP contribution in [0.4, 0.5) is 0 Å². The van der Waals surface area contributed by atoms with Crippen molar-refractivity contribution in [2.45, 2.75) is 166 Å². The third-order valence-electron chi connectivity index (χ3n) is 5.30. The molecule has 0 fully saturated rings. The number of hydrogen-bond donors (Lipinski definition) is 3. The van der Waals surface area contributed by atoms with Gasteiger partial charge in [0.2, 0.25) is 0 Å². The van der Waals surface area contributed by atoms with Crippen LogP contribution in [0.2, 0.25) is 0 Å². The largest absolute Gasteiger partial charge is 0.481 e. The summed E-state index contributed by atoms with van der Waals surface area (Å²) < 4.78 is 0. The van der Waals surface area contributed by atoms with E-state index in [0.29, 0.717) is 12.8 Å². The summed E-state index contributed by atoms with van der Waals surface area (Å²) in [5.41, 5.74) is 0. The molecule has 0 aliphatic rings. The van der Waals surface area contributed by atoms with Gasteiger partial charge in [0.15, 0.2) is 0 Å². The molecule has 0 aromatic heterocycles. The number of aliphatic hydroxyl groups is 2. The van der Waals surface area contributed by atoms with Gasteiger partial charge in [0.25, 0.3) is 0 Å². The first-order chi connectivity index (χ1) is 12.5. The number of rotatable bonds is 19. The van der Waals surface area contributed by atoms with Gasteiger partial charge in [-0.15, -0.1) is 0 Å². The van der Waals surface area contributed by atoms with Crippen molar-refractivity contribution in [1.82, 2.24) is 0 Å². The number of carbonyl (C=O) groups is 1. The van der Waals surface area contributed by atoms with Gasteiger partial charge >= 0.3 is 5.97 Å². The molecule has 0 aromatic carbocycles. The van der Waals surface area contributed by atoms with Crippen LogP contribution in [0.1, 0.15) is 154 Å². The van der Waals surface area contributed by atoms with E-state index in [9.17, 15) is 20.1 Å². The minimum atomic E-state index is -0.942. The summed E-state index contributed by atoms with van der Waals surface area (Å²) in [5, 5.41) is 29.6. The van der Waals surface area contributed by atoms with Gasteiger partial charge in [-0.3, -0.25) is 4.79 Å². The van der Waals surface area contributed by atoms with Gasteiger partial charge in [-0.1, -0.05) is 134 Å². The Morgan fingerprint density at radius 2 is 0.968 bits per heavy atom. The second kappa shape index (κ2) is 31.6. The molecular weight excluding hydrogens is 388 g/mol. The van der Waals surface area contributed by atoms with Crippen molar-refractivity contribution >= 4 is 5.97 Å². The highest BCUT2D eigenvalue weighted by molar-refractivity contribution is 5.70. The average Bonchev–Trinajstić information content (AvgIpc) is 2.59. The van der Waals surface area contributed by atoms with Crippen LogP contribution in [-0.4, -0.2) is 33.5 Å². The average molecular weight is 453 g/mol. The molecule has 196 valence electrons. The van der Waals surface area contributed by atoms with Crippen LogP contribution >= 0.6 is 0 Å². The number of unbranched alkanes of at least 4 members (excludes halogenated alkanes) is 11. The van der Waals surface area contributed by atoms with Gasteiger partial charge in [0, 0.05) is 6.42 Å². The summed E-state index contributed by atoms with van der Waals surface area (Å²) >= 11 is 0. The molecule has 0 saturated carbocycles. The van der Waals surface area contributed by atoms with Crippen molar-refractivity contribution in [3.63, 3.8) is 0 Å². The van der Waals surface area contributed by atoms with Crippen LogP contribution in [0.25, 0.3) is 0 Å². The summed E-state index contributed by atoms with van der Waals surface area (Å²) in [6.45, 7) is 4.35. The summed E-state index contributed by atoms with van der Waals surface area (Å²) in [6, 6.07) is 0. The molecule has 0 saturated heterocycles. The summed E-state index contributed by atoms with van der Waals surface area (Å²) in [7, 11) is 0. The number of hydrogen-bond acceptors (Lipinski definition) is 3. The Balaban J connectivity index is -0.000000312. The minimum absolute atomic E-state index is 0. The highest BCUT2D eigenvalue weighted by Crippen LogP contribution is 2.20. The fourth-order valence-corrected chi connectivity index (χ4v) is 3.52. The highest BCUT2D eigenvalue weighted by Gasteiger charge is 2.27. The van der Waals surface area contributed by atoms with Crippen LogP contribution in [-0.2, 0) is 4.79 Å². The predicted octanol–water partition coefficient (Wildman–Crippen LogP) is 8.87. The summed E-state index contributed by atoms with van der Waals surface area (Å²) in [6.07, 6.45) is 15.0. The fraction of sp³-hybridized carbons (Fsp3) is 0.963. The Labute approximate surface area is 198 Å². The van der Waals surface area contributed by atoms with Gasteiger partial charge in [0.1, 0.15) is 0 Å². The summed E-state index contributed by atoms with van der Waals surface area (Å²) in [5.74, 6) is -1.69. The second-order valence-corrected chi connectivity index (χ2v) is 7.87. The molecule has 0 aliphatic carbocycles. The van der Waals surface area contributed by atoms with Crippen molar-refractivity contribution in [2.24, 2.45) is 5.92 Å². The third-order valence-corrected chi connectivity index (χ3v) is 5.30. The monoisotopic (exact) mass is 452 g/mol. The predicted molar refractivity (Wildman–Crippen MR) is 142 cm³/mol. The molecule has 0 radical (unpaired) electrons. The zero-order valence-electron chi connectivity index (χ0n) is 17.3. The molecule has 0 aromatic rings. The quantitative estimate of drug-likeness (QED) is 0.171. The van der Waals surface area contributed by atoms with E-state index in [4.69, 9.17) is 0 Å². The number of carboxylic acids is 1. The Morgan fingerprint density at radius 3 is 1.39 bits per heavy atom. The zero-order chi connectivity index (χ0) is 19.6. The van der Waals surface area contributed by atoms with E-state index in [2.05, 4.69) is 13.8 Å². The Kier molecular flexibility index (Phi) is 44.9. The molecule has 4 heteroatoms. The van der Waals surface area contributed by atoms with Crippen molar-refractivity contribution < 1.29 is 20.1 Å². The molecule has 4 nitrogen and oxygen atoms in total. The van der Waals surface area contributed by atoms with Crippen LogP contribution in [0, 0.1) is 5.92 Å². The zero-order valence-corrected chi connectivity index (χ0v) is 17.3. The van der Waals surface area contributed by atoms with Gasteiger partial charge in [-0.2, -0.15) is 0 Å². The van der Waals surface area contributed by atoms with Crippen LogP contribution in [0.3, 0.4) is 0 Å². The van der Waals surface area contributed by atoms with Gasteiger partial charge in [-0.05, 0) is 12.8 Å². The molecule has 0 rings (SSSR count). The summed E-state index contributed by atoms with van der Waals surface area (Å²) in [4.78, 5) is 11.4. The lowest BCUT2D eigenvalue weighted by molar-refractivity contribution is -0.146. The molecule has 0 spiro atoms. The maximum absolute atomic E-state index is 11.4. The van der Waals surface area contributed by atoms with Crippen molar-refractivity contribution in [1.29, 1.82) is 0 Å². The molecule has 0 amide bonds. The second-order valence-electron chi connectivity index (χ2n) is 7.87. The topological polar surface area (TPSA) is 77.8 Å². The molecule has 0 bridgehead atoms.